The Labute approximate surface area is 175 Å². The summed E-state index contributed by atoms with van der Waals surface area (Å²) in [6.45, 7) is 0.580. The number of ether oxygens (including phenoxy) is 1. The molecule has 0 amide bonds. The van der Waals surface area contributed by atoms with Crippen LogP contribution in [0.2, 0.25) is 5.02 Å². The number of aromatic hydroxyl groups is 1. The average molecular weight is 402 g/mol. The molecule has 0 aliphatic heterocycles. The van der Waals surface area contributed by atoms with Crippen LogP contribution in [0, 0.1) is 11.8 Å². The van der Waals surface area contributed by atoms with Crippen LogP contribution in [-0.2, 0) is 13.0 Å². The van der Waals surface area contributed by atoms with Gasteiger partial charge in [0.05, 0.1) is 13.7 Å². The van der Waals surface area contributed by atoms with Crippen LogP contribution in [0.15, 0.2) is 72.9 Å². The van der Waals surface area contributed by atoms with E-state index in [1.54, 1.807) is 7.11 Å². The Balaban J connectivity index is 1.53. The fraction of sp³-hybridized carbons (Fsp3) is 0.120. The Bertz CT molecular complexity index is 1200. The number of aromatic nitrogens is 1. The van der Waals surface area contributed by atoms with Crippen molar-refractivity contribution in [3.8, 4) is 23.5 Å². The predicted octanol–water partition coefficient (Wildman–Crippen LogP) is 5.65. The lowest BCUT2D eigenvalue weighted by atomic mass is 10.1. The van der Waals surface area contributed by atoms with Gasteiger partial charge in [0.1, 0.15) is 5.75 Å². The zero-order valence-electron chi connectivity index (χ0n) is 16.0. The zero-order valence-corrected chi connectivity index (χ0v) is 16.8. The Kier molecular flexibility index (Phi) is 5.46. The number of rotatable bonds is 4. The van der Waals surface area contributed by atoms with Gasteiger partial charge in [-0.3, -0.25) is 0 Å². The van der Waals surface area contributed by atoms with Gasteiger partial charge in [-0.1, -0.05) is 53.8 Å². The maximum atomic E-state index is 10.7. The van der Waals surface area contributed by atoms with E-state index in [0.717, 1.165) is 33.2 Å². The minimum atomic E-state index is 0.244. The molecule has 4 aromatic rings. The van der Waals surface area contributed by atoms with E-state index < -0.39 is 0 Å². The van der Waals surface area contributed by atoms with E-state index >= 15 is 0 Å². The lowest BCUT2D eigenvalue weighted by Crippen LogP contribution is -1.96. The summed E-state index contributed by atoms with van der Waals surface area (Å²) in [5.41, 5.74) is 3.09. The monoisotopic (exact) mass is 401 g/mol. The number of hydrogen-bond donors (Lipinski definition) is 1. The zero-order chi connectivity index (χ0) is 20.2. The first-order chi connectivity index (χ1) is 14.1. The topological polar surface area (TPSA) is 34.4 Å². The summed E-state index contributed by atoms with van der Waals surface area (Å²) in [5, 5.41) is 13.1. The summed E-state index contributed by atoms with van der Waals surface area (Å²) in [7, 11) is 1.66. The van der Waals surface area contributed by atoms with E-state index in [1.165, 1.54) is 0 Å². The second kappa shape index (κ2) is 8.34. The lowest BCUT2D eigenvalue weighted by Gasteiger charge is -2.05. The Morgan fingerprint density at radius 3 is 2.41 bits per heavy atom. The third kappa shape index (κ3) is 4.39. The molecule has 0 aliphatic carbocycles. The van der Waals surface area contributed by atoms with E-state index in [0.29, 0.717) is 18.0 Å². The van der Waals surface area contributed by atoms with Gasteiger partial charge in [-0.15, -0.1) is 0 Å². The van der Waals surface area contributed by atoms with Crippen molar-refractivity contribution < 1.29 is 9.84 Å². The standard InChI is InChI=1S/C25H20ClNO2/c1-29-23-13-8-18(9-14-23)3-2-4-19-5-10-21-17-27(25(28)24(21)15-19)16-20-6-11-22(26)12-7-20/h5-15,17,28H,3,16H2,1H3. The molecule has 0 spiro atoms. The summed E-state index contributed by atoms with van der Waals surface area (Å²) >= 11 is 5.95. The van der Waals surface area contributed by atoms with Gasteiger partial charge in [0, 0.05) is 34.0 Å². The highest BCUT2D eigenvalue weighted by molar-refractivity contribution is 6.30. The first-order valence-corrected chi connectivity index (χ1v) is 9.68. The summed E-state index contributed by atoms with van der Waals surface area (Å²) < 4.78 is 7.01. The molecule has 3 aromatic carbocycles. The minimum Gasteiger partial charge on any atom is -0.497 e. The molecule has 144 valence electrons. The van der Waals surface area contributed by atoms with Gasteiger partial charge in [0.25, 0.3) is 0 Å². The van der Waals surface area contributed by atoms with Crippen molar-refractivity contribution in [1.82, 2.24) is 4.57 Å². The van der Waals surface area contributed by atoms with Crippen molar-refractivity contribution in [3.05, 3.63) is 94.6 Å². The van der Waals surface area contributed by atoms with Crippen LogP contribution in [0.3, 0.4) is 0 Å². The van der Waals surface area contributed by atoms with Gasteiger partial charge in [0.15, 0.2) is 5.88 Å². The molecule has 1 aromatic heterocycles. The van der Waals surface area contributed by atoms with Crippen LogP contribution in [0.1, 0.15) is 16.7 Å². The van der Waals surface area contributed by atoms with E-state index in [-0.39, 0.29) is 5.88 Å². The molecule has 29 heavy (non-hydrogen) atoms. The van der Waals surface area contributed by atoms with Gasteiger partial charge >= 0.3 is 0 Å². The van der Waals surface area contributed by atoms with E-state index in [1.807, 2.05) is 77.5 Å². The second-order valence-electron chi connectivity index (χ2n) is 6.84. The van der Waals surface area contributed by atoms with Crippen LogP contribution in [0.5, 0.6) is 11.6 Å². The van der Waals surface area contributed by atoms with Gasteiger partial charge in [-0.25, -0.2) is 0 Å². The molecule has 0 fully saturated rings. The smallest absolute Gasteiger partial charge is 0.199 e. The Morgan fingerprint density at radius 2 is 1.69 bits per heavy atom. The maximum Gasteiger partial charge on any atom is 0.199 e. The van der Waals surface area contributed by atoms with Crippen LogP contribution in [-0.4, -0.2) is 16.8 Å². The molecule has 0 bridgehead atoms. The third-order valence-corrected chi connectivity index (χ3v) is 5.06. The van der Waals surface area contributed by atoms with Crippen molar-refractivity contribution in [2.75, 3.05) is 7.11 Å². The highest BCUT2D eigenvalue weighted by Gasteiger charge is 2.09. The van der Waals surface area contributed by atoms with Crippen molar-refractivity contribution in [2.24, 2.45) is 0 Å². The number of benzene rings is 3. The molecule has 0 radical (unpaired) electrons. The van der Waals surface area contributed by atoms with E-state index in [4.69, 9.17) is 16.3 Å². The number of fused-ring (bicyclic) bond motifs is 1. The molecule has 4 rings (SSSR count). The fourth-order valence-electron chi connectivity index (χ4n) is 3.22. The van der Waals surface area contributed by atoms with E-state index in [2.05, 4.69) is 11.8 Å². The average Bonchev–Trinajstić information content (AvgIpc) is 3.05. The van der Waals surface area contributed by atoms with Crippen molar-refractivity contribution in [1.29, 1.82) is 0 Å². The highest BCUT2D eigenvalue weighted by atomic mass is 35.5. The van der Waals surface area contributed by atoms with Crippen LogP contribution in [0.4, 0.5) is 0 Å². The summed E-state index contributed by atoms with van der Waals surface area (Å²) in [4.78, 5) is 0. The van der Waals surface area contributed by atoms with Gasteiger partial charge in [-0.05, 0) is 47.5 Å². The molecule has 3 nitrogen and oxygen atoms in total. The van der Waals surface area contributed by atoms with Crippen LogP contribution < -0.4 is 4.74 Å². The second-order valence-corrected chi connectivity index (χ2v) is 7.27. The van der Waals surface area contributed by atoms with Crippen LogP contribution in [0.25, 0.3) is 10.8 Å². The largest absolute Gasteiger partial charge is 0.497 e. The molecule has 0 unspecified atom stereocenters. The third-order valence-electron chi connectivity index (χ3n) is 4.81. The normalized spacial score (nSPS) is 10.6. The highest BCUT2D eigenvalue weighted by Crippen LogP contribution is 2.29. The molecule has 0 saturated carbocycles. The summed E-state index contributed by atoms with van der Waals surface area (Å²) in [5.74, 6) is 7.47. The minimum absolute atomic E-state index is 0.244. The molecule has 4 heteroatoms. The first-order valence-electron chi connectivity index (χ1n) is 9.30. The summed E-state index contributed by atoms with van der Waals surface area (Å²) in [6.07, 6.45) is 2.61. The van der Waals surface area contributed by atoms with E-state index in [9.17, 15) is 5.11 Å². The number of hydrogen-bond acceptors (Lipinski definition) is 2. The molecule has 0 saturated heterocycles. The molecule has 0 aliphatic rings. The molecule has 1 N–H and O–H groups in total. The van der Waals surface area contributed by atoms with Crippen molar-refractivity contribution in [3.63, 3.8) is 0 Å². The number of halogens is 1. The Morgan fingerprint density at radius 1 is 0.966 bits per heavy atom. The molecule has 0 atom stereocenters. The molecular formula is C25H20ClNO2. The van der Waals surface area contributed by atoms with Crippen molar-refractivity contribution in [2.45, 2.75) is 13.0 Å². The van der Waals surface area contributed by atoms with Crippen molar-refractivity contribution >= 4 is 22.4 Å². The number of methoxy groups -OCH3 is 1. The fourth-order valence-corrected chi connectivity index (χ4v) is 3.35. The quantitative estimate of drug-likeness (QED) is 0.448. The SMILES string of the molecule is COc1ccc(CC#Cc2ccc3cn(Cc4ccc(Cl)cc4)c(O)c3c2)cc1. The lowest BCUT2D eigenvalue weighted by molar-refractivity contribution is 0.414. The molecular weight excluding hydrogens is 382 g/mol. The van der Waals surface area contributed by atoms with Crippen LogP contribution >= 0.6 is 11.6 Å². The predicted molar refractivity (Wildman–Crippen MR) is 118 cm³/mol. The van der Waals surface area contributed by atoms with Gasteiger partial charge in [-0.2, -0.15) is 0 Å². The number of nitrogens with zero attached hydrogens (tertiary/aromatic N) is 1. The molecule has 1 heterocycles. The van der Waals surface area contributed by atoms with Gasteiger partial charge < -0.3 is 14.4 Å². The summed E-state index contributed by atoms with van der Waals surface area (Å²) in [6, 6.07) is 21.4. The van der Waals surface area contributed by atoms with Gasteiger partial charge in [0.2, 0.25) is 0 Å². The maximum absolute atomic E-state index is 10.7. The first kappa shape index (κ1) is 19.0. The Hall–Kier alpha value is -3.35.